The van der Waals surface area contributed by atoms with Gasteiger partial charge in [0.2, 0.25) is 0 Å². The first kappa shape index (κ1) is 18.6. The van der Waals surface area contributed by atoms with Crippen LogP contribution in [-0.2, 0) is 6.18 Å². The topological polar surface area (TPSA) is 12.4 Å². The number of rotatable bonds is 3. The van der Waals surface area contributed by atoms with Crippen LogP contribution in [0, 0.1) is 0 Å². The molecule has 1 aliphatic heterocycles. The van der Waals surface area contributed by atoms with Gasteiger partial charge in [-0.1, -0.05) is 42.5 Å². The van der Waals surface area contributed by atoms with Gasteiger partial charge in [-0.2, -0.15) is 13.2 Å². The number of halogens is 5. The predicted octanol–water partition coefficient (Wildman–Crippen LogP) is 5.97. The summed E-state index contributed by atoms with van der Waals surface area (Å²) in [5.41, 5.74) is 3.60. The maximum atomic E-state index is 12.6. The molecule has 24 heavy (non-hydrogen) atoms. The quantitative estimate of drug-likeness (QED) is 0.589. The number of nitrogens with zero attached hydrogens (tertiary/aromatic N) is 1. The molecule has 0 saturated carbocycles. The van der Waals surface area contributed by atoms with Crippen molar-refractivity contribution in [2.24, 2.45) is 4.99 Å². The monoisotopic (exact) mass is 371 g/mol. The van der Waals surface area contributed by atoms with E-state index in [4.69, 9.17) is 11.6 Å². The molecule has 1 aliphatic rings. The second-order valence-corrected chi connectivity index (χ2v) is 5.50. The van der Waals surface area contributed by atoms with Crippen LogP contribution in [0.2, 0.25) is 0 Å². The van der Waals surface area contributed by atoms with E-state index in [0.29, 0.717) is 12.0 Å². The fourth-order valence-electron chi connectivity index (χ4n) is 2.58. The van der Waals surface area contributed by atoms with E-state index < -0.39 is 11.7 Å². The highest BCUT2D eigenvalue weighted by molar-refractivity contribution is 6.21. The van der Waals surface area contributed by atoms with Gasteiger partial charge in [0.25, 0.3) is 0 Å². The van der Waals surface area contributed by atoms with Crippen LogP contribution < -0.4 is 0 Å². The van der Waals surface area contributed by atoms with Crippen LogP contribution >= 0.6 is 24.0 Å². The van der Waals surface area contributed by atoms with E-state index in [9.17, 15) is 13.2 Å². The minimum absolute atomic E-state index is 0. The van der Waals surface area contributed by atoms with E-state index in [1.807, 2.05) is 30.3 Å². The maximum Gasteiger partial charge on any atom is 0.416 e. The molecule has 0 spiro atoms. The van der Waals surface area contributed by atoms with Gasteiger partial charge in [-0.05, 0) is 28.8 Å². The van der Waals surface area contributed by atoms with Crippen molar-refractivity contribution >= 4 is 35.3 Å². The molecule has 126 valence electrons. The third-order valence-corrected chi connectivity index (χ3v) is 4.01. The van der Waals surface area contributed by atoms with Gasteiger partial charge >= 0.3 is 6.18 Å². The van der Waals surface area contributed by atoms with Crippen molar-refractivity contribution in [2.45, 2.75) is 12.6 Å². The summed E-state index contributed by atoms with van der Waals surface area (Å²) in [5.74, 6) is 0.272. The Bertz CT molecular complexity index is 763. The third kappa shape index (κ3) is 3.82. The highest BCUT2D eigenvalue weighted by atomic mass is 35.5. The van der Waals surface area contributed by atoms with Crippen LogP contribution in [0.3, 0.4) is 0 Å². The number of hydrogen-bond acceptors (Lipinski definition) is 1. The predicted molar refractivity (Wildman–Crippen MR) is 93.9 cm³/mol. The molecule has 0 aromatic heterocycles. The molecule has 6 heteroatoms. The molecule has 0 fully saturated rings. The molecule has 1 heterocycles. The highest BCUT2D eigenvalue weighted by Crippen LogP contribution is 2.33. The van der Waals surface area contributed by atoms with E-state index in [0.717, 1.165) is 34.7 Å². The number of aliphatic imine (C=N–C) groups is 1. The van der Waals surface area contributed by atoms with Crippen LogP contribution in [0.5, 0.6) is 0 Å². The molecular formula is C18H14Cl2F3N. The summed E-state index contributed by atoms with van der Waals surface area (Å²) in [4.78, 5) is 4.51. The molecule has 2 aromatic rings. The molecule has 0 amide bonds. The molecule has 0 atom stereocenters. The molecule has 3 rings (SSSR count). The molecule has 0 unspecified atom stereocenters. The van der Waals surface area contributed by atoms with Crippen molar-refractivity contribution < 1.29 is 13.2 Å². The van der Waals surface area contributed by atoms with Gasteiger partial charge in [0.05, 0.1) is 22.9 Å². The van der Waals surface area contributed by atoms with E-state index >= 15 is 0 Å². The van der Waals surface area contributed by atoms with Gasteiger partial charge in [-0.15, -0.1) is 24.0 Å². The van der Waals surface area contributed by atoms with Gasteiger partial charge < -0.3 is 0 Å². The molecular weight excluding hydrogens is 358 g/mol. The van der Waals surface area contributed by atoms with Crippen LogP contribution in [0.25, 0.3) is 5.57 Å². The Balaban J connectivity index is 0.00000208. The second-order valence-electron chi connectivity index (χ2n) is 5.24. The molecule has 1 nitrogen and oxygen atoms in total. The third-order valence-electron chi connectivity index (χ3n) is 3.76. The SMILES string of the molecule is Cl.FC(F)(F)c1ccc(C2=NC(CCl)=C(c3ccccc3)C2)cc1. The Kier molecular flexibility index (Phi) is 5.73. The van der Waals surface area contributed by atoms with E-state index in [2.05, 4.69) is 4.99 Å². The van der Waals surface area contributed by atoms with E-state index in [1.165, 1.54) is 12.1 Å². The summed E-state index contributed by atoms with van der Waals surface area (Å²) in [6.07, 6.45) is -3.76. The summed E-state index contributed by atoms with van der Waals surface area (Å²) < 4.78 is 37.9. The summed E-state index contributed by atoms with van der Waals surface area (Å²) >= 11 is 5.98. The average molecular weight is 372 g/mol. The van der Waals surface area contributed by atoms with Crippen molar-refractivity contribution in [3.05, 3.63) is 77.0 Å². The minimum atomic E-state index is -4.33. The van der Waals surface area contributed by atoms with Crippen molar-refractivity contribution in [2.75, 3.05) is 5.88 Å². The number of alkyl halides is 4. The fraction of sp³-hybridized carbons (Fsp3) is 0.167. The summed E-state index contributed by atoms with van der Waals surface area (Å²) in [5, 5.41) is 0. The van der Waals surface area contributed by atoms with E-state index in [1.54, 1.807) is 0 Å². The highest BCUT2D eigenvalue weighted by Gasteiger charge is 2.30. The zero-order valence-corrected chi connectivity index (χ0v) is 14.1. The Morgan fingerprint density at radius 3 is 2.08 bits per heavy atom. The van der Waals surface area contributed by atoms with Crippen LogP contribution in [0.1, 0.15) is 23.1 Å². The first-order valence-electron chi connectivity index (χ1n) is 7.07. The van der Waals surface area contributed by atoms with Gasteiger partial charge in [-0.25, -0.2) is 0 Å². The minimum Gasteiger partial charge on any atom is -0.255 e. The van der Waals surface area contributed by atoms with Crippen LogP contribution in [0.15, 0.2) is 65.3 Å². The smallest absolute Gasteiger partial charge is 0.255 e. The van der Waals surface area contributed by atoms with E-state index in [-0.39, 0.29) is 18.3 Å². The first-order valence-corrected chi connectivity index (χ1v) is 7.61. The van der Waals surface area contributed by atoms with Crippen molar-refractivity contribution in [3.8, 4) is 0 Å². The fourth-order valence-corrected chi connectivity index (χ4v) is 2.80. The molecule has 2 aromatic carbocycles. The lowest BCUT2D eigenvalue weighted by Crippen LogP contribution is -2.06. The Labute approximate surface area is 149 Å². The first-order chi connectivity index (χ1) is 11.0. The zero-order chi connectivity index (χ0) is 16.4. The normalized spacial score (nSPS) is 14.4. The lowest BCUT2D eigenvalue weighted by molar-refractivity contribution is -0.137. The van der Waals surface area contributed by atoms with Crippen molar-refractivity contribution in [1.29, 1.82) is 0 Å². The lowest BCUT2D eigenvalue weighted by atomic mass is 9.97. The summed E-state index contributed by atoms with van der Waals surface area (Å²) in [6, 6.07) is 14.8. The number of allylic oxidation sites excluding steroid dienone is 2. The summed E-state index contributed by atoms with van der Waals surface area (Å²) in [7, 11) is 0. The summed E-state index contributed by atoms with van der Waals surface area (Å²) in [6.45, 7) is 0. The molecule has 0 bridgehead atoms. The molecule has 0 aliphatic carbocycles. The average Bonchev–Trinajstić information content (AvgIpc) is 2.99. The van der Waals surface area contributed by atoms with Crippen molar-refractivity contribution in [1.82, 2.24) is 0 Å². The van der Waals surface area contributed by atoms with Crippen LogP contribution in [0.4, 0.5) is 13.2 Å². The van der Waals surface area contributed by atoms with Gasteiger partial charge in [0.1, 0.15) is 0 Å². The molecule has 0 N–H and O–H groups in total. The largest absolute Gasteiger partial charge is 0.416 e. The Hall–Kier alpha value is -1.78. The zero-order valence-electron chi connectivity index (χ0n) is 12.5. The van der Waals surface area contributed by atoms with Crippen LogP contribution in [-0.4, -0.2) is 11.6 Å². The van der Waals surface area contributed by atoms with Gasteiger partial charge in [0, 0.05) is 6.42 Å². The second kappa shape index (κ2) is 7.41. The maximum absolute atomic E-state index is 12.6. The number of benzene rings is 2. The molecule has 0 radical (unpaired) electrons. The Morgan fingerprint density at radius 2 is 1.54 bits per heavy atom. The molecule has 0 saturated heterocycles. The standard InChI is InChI=1S/C18H13ClF3N.ClH/c19-11-17-15(12-4-2-1-3-5-12)10-16(23-17)13-6-8-14(9-7-13)18(20,21)22;/h1-9H,10-11H2;1H. The Morgan fingerprint density at radius 1 is 0.917 bits per heavy atom. The lowest BCUT2D eigenvalue weighted by Gasteiger charge is -2.08. The van der Waals surface area contributed by atoms with Gasteiger partial charge in [-0.3, -0.25) is 4.99 Å². The number of hydrogen-bond donors (Lipinski definition) is 0. The van der Waals surface area contributed by atoms with Crippen molar-refractivity contribution in [3.63, 3.8) is 0 Å². The van der Waals surface area contributed by atoms with Gasteiger partial charge in [0.15, 0.2) is 0 Å².